The highest BCUT2D eigenvalue weighted by Gasteiger charge is 2.73. The Balaban J connectivity index is 2.32. The Labute approximate surface area is 60.6 Å². The monoisotopic (exact) mass is 140 g/mol. The molecule has 1 saturated carbocycles. The lowest BCUT2D eigenvalue weighted by Gasteiger charge is -2.03. The molecule has 0 radical (unpaired) electrons. The fourth-order valence-electron chi connectivity index (χ4n) is 2.19. The van der Waals surface area contributed by atoms with E-state index in [1.54, 1.807) is 0 Å². The highest BCUT2D eigenvalue weighted by atomic mass is 16.5. The summed E-state index contributed by atoms with van der Waals surface area (Å²) in [5, 5.41) is 0. The van der Waals surface area contributed by atoms with Gasteiger partial charge in [0.05, 0.1) is 12.0 Å². The van der Waals surface area contributed by atoms with Crippen LogP contribution in [0.3, 0.4) is 0 Å². The van der Waals surface area contributed by atoms with E-state index in [2.05, 4.69) is 13.8 Å². The maximum atomic E-state index is 11.2. The van der Waals surface area contributed by atoms with Crippen molar-refractivity contribution in [2.75, 3.05) is 6.61 Å². The van der Waals surface area contributed by atoms with Gasteiger partial charge in [-0.15, -0.1) is 0 Å². The first-order valence-corrected chi connectivity index (χ1v) is 3.82. The van der Waals surface area contributed by atoms with E-state index in [-0.39, 0.29) is 16.8 Å². The van der Waals surface area contributed by atoms with Gasteiger partial charge >= 0.3 is 5.97 Å². The van der Waals surface area contributed by atoms with Gasteiger partial charge in [-0.1, -0.05) is 13.8 Å². The smallest absolute Gasteiger partial charge is 0.312 e. The largest absolute Gasteiger partial charge is 0.465 e. The Morgan fingerprint density at radius 3 is 2.60 bits per heavy atom. The maximum absolute atomic E-state index is 11.2. The van der Waals surface area contributed by atoms with Gasteiger partial charge < -0.3 is 4.74 Å². The molecule has 2 fully saturated rings. The third kappa shape index (κ3) is 0.414. The number of carbonyl (C=O) groups is 1. The summed E-state index contributed by atoms with van der Waals surface area (Å²) < 4.78 is 4.97. The van der Waals surface area contributed by atoms with Crippen LogP contribution in [0.2, 0.25) is 0 Å². The molecule has 0 aromatic heterocycles. The van der Waals surface area contributed by atoms with Gasteiger partial charge in [0.1, 0.15) is 0 Å². The molecule has 56 valence electrons. The van der Waals surface area contributed by atoms with E-state index in [4.69, 9.17) is 4.74 Å². The molecule has 2 atom stereocenters. The summed E-state index contributed by atoms with van der Waals surface area (Å²) in [5.41, 5.74) is 0.145. The van der Waals surface area contributed by atoms with Crippen LogP contribution in [-0.2, 0) is 9.53 Å². The molecule has 2 aliphatic rings. The molecular formula is C8H12O2. The fourth-order valence-corrected chi connectivity index (χ4v) is 2.19. The van der Waals surface area contributed by atoms with Gasteiger partial charge in [0, 0.05) is 5.41 Å². The Hall–Kier alpha value is -0.530. The molecule has 1 aliphatic carbocycles. The summed E-state index contributed by atoms with van der Waals surface area (Å²) in [4.78, 5) is 11.2. The topological polar surface area (TPSA) is 26.3 Å². The minimum Gasteiger partial charge on any atom is -0.465 e. The first kappa shape index (κ1) is 6.20. The number of ether oxygens (including phenoxy) is 1. The molecule has 1 saturated heterocycles. The molecular weight excluding hydrogens is 128 g/mol. The summed E-state index contributed by atoms with van der Waals surface area (Å²) in [7, 11) is 0. The molecule has 0 bridgehead atoms. The Morgan fingerprint density at radius 1 is 1.70 bits per heavy atom. The molecule has 0 N–H and O–H groups in total. The average Bonchev–Trinajstić information content (AvgIpc) is 2.47. The van der Waals surface area contributed by atoms with Crippen molar-refractivity contribution in [1.29, 1.82) is 0 Å². The van der Waals surface area contributed by atoms with Crippen LogP contribution in [0, 0.1) is 10.8 Å². The van der Waals surface area contributed by atoms with Gasteiger partial charge in [-0.05, 0) is 12.8 Å². The van der Waals surface area contributed by atoms with Crippen LogP contribution in [0.15, 0.2) is 0 Å². The van der Waals surface area contributed by atoms with Crippen molar-refractivity contribution in [3.63, 3.8) is 0 Å². The van der Waals surface area contributed by atoms with Gasteiger partial charge in [-0.2, -0.15) is 0 Å². The molecule has 10 heavy (non-hydrogen) atoms. The van der Waals surface area contributed by atoms with Crippen LogP contribution >= 0.6 is 0 Å². The lowest BCUT2D eigenvalue weighted by atomic mass is 9.95. The number of esters is 1. The van der Waals surface area contributed by atoms with Crippen molar-refractivity contribution in [3.8, 4) is 0 Å². The van der Waals surface area contributed by atoms with Crippen molar-refractivity contribution < 1.29 is 9.53 Å². The highest BCUT2D eigenvalue weighted by Crippen LogP contribution is 2.69. The third-order valence-electron chi connectivity index (χ3n) is 3.24. The lowest BCUT2D eigenvalue weighted by Crippen LogP contribution is -2.13. The zero-order valence-corrected chi connectivity index (χ0v) is 6.44. The van der Waals surface area contributed by atoms with Crippen molar-refractivity contribution in [1.82, 2.24) is 0 Å². The molecule has 1 aliphatic heterocycles. The molecule has 0 aromatic carbocycles. The molecule has 1 heterocycles. The lowest BCUT2D eigenvalue weighted by molar-refractivity contribution is -0.144. The number of fused-ring (bicyclic) bond motifs is 1. The quantitative estimate of drug-likeness (QED) is 0.514. The zero-order chi connectivity index (χ0) is 7.41. The molecule has 2 nitrogen and oxygen atoms in total. The Bertz CT molecular complexity index is 199. The van der Waals surface area contributed by atoms with Crippen LogP contribution < -0.4 is 0 Å². The SMILES string of the molecule is CC[C@]12C[C@@]1(C)COC2=O. The summed E-state index contributed by atoms with van der Waals surface area (Å²) in [6, 6.07) is 0. The Morgan fingerprint density at radius 2 is 2.40 bits per heavy atom. The number of cyclic esters (lactones) is 1. The van der Waals surface area contributed by atoms with Gasteiger partial charge in [0.2, 0.25) is 0 Å². The van der Waals surface area contributed by atoms with Gasteiger partial charge in [0.25, 0.3) is 0 Å². The van der Waals surface area contributed by atoms with Crippen LogP contribution in [-0.4, -0.2) is 12.6 Å². The van der Waals surface area contributed by atoms with E-state index in [0.717, 1.165) is 12.8 Å². The predicted molar refractivity (Wildman–Crippen MR) is 36.4 cm³/mol. The van der Waals surface area contributed by atoms with Gasteiger partial charge in [0.15, 0.2) is 0 Å². The maximum Gasteiger partial charge on any atom is 0.312 e. The van der Waals surface area contributed by atoms with E-state index in [1.807, 2.05) is 0 Å². The highest BCUT2D eigenvalue weighted by molar-refractivity contribution is 5.84. The summed E-state index contributed by atoms with van der Waals surface area (Å²) in [6.45, 7) is 4.86. The first-order chi connectivity index (χ1) is 4.65. The van der Waals surface area contributed by atoms with E-state index in [1.165, 1.54) is 0 Å². The van der Waals surface area contributed by atoms with Gasteiger partial charge in [-0.3, -0.25) is 4.79 Å². The first-order valence-electron chi connectivity index (χ1n) is 3.82. The van der Waals surface area contributed by atoms with Crippen molar-refractivity contribution in [3.05, 3.63) is 0 Å². The van der Waals surface area contributed by atoms with Crippen LogP contribution in [0.4, 0.5) is 0 Å². The van der Waals surface area contributed by atoms with Crippen LogP contribution in [0.1, 0.15) is 26.7 Å². The number of rotatable bonds is 1. The molecule has 0 spiro atoms. The fraction of sp³-hybridized carbons (Fsp3) is 0.875. The van der Waals surface area contributed by atoms with E-state index >= 15 is 0 Å². The van der Waals surface area contributed by atoms with Crippen molar-refractivity contribution in [2.24, 2.45) is 10.8 Å². The second kappa shape index (κ2) is 1.39. The third-order valence-corrected chi connectivity index (χ3v) is 3.24. The van der Waals surface area contributed by atoms with Gasteiger partial charge in [-0.25, -0.2) is 0 Å². The normalized spacial score (nSPS) is 50.4. The minimum absolute atomic E-state index is 0.0394. The zero-order valence-electron chi connectivity index (χ0n) is 6.44. The Kier molecular flexibility index (Phi) is 0.859. The predicted octanol–water partition coefficient (Wildman–Crippen LogP) is 1.35. The van der Waals surface area contributed by atoms with Crippen molar-refractivity contribution >= 4 is 5.97 Å². The number of hydrogen-bond donors (Lipinski definition) is 0. The number of carbonyl (C=O) groups excluding carboxylic acids is 1. The molecule has 2 rings (SSSR count). The van der Waals surface area contributed by atoms with E-state index in [9.17, 15) is 4.79 Å². The number of hydrogen-bond acceptors (Lipinski definition) is 2. The van der Waals surface area contributed by atoms with E-state index in [0.29, 0.717) is 6.61 Å². The second-order valence-corrected chi connectivity index (χ2v) is 3.75. The molecule has 0 aromatic rings. The molecule has 0 amide bonds. The summed E-state index contributed by atoms with van der Waals surface area (Å²) in [5.74, 6) is 0.0394. The molecule has 0 unspecified atom stereocenters. The standard InChI is InChI=1S/C8H12O2/c1-3-8-4-7(8,2)5-10-6(8)9/h3-5H2,1-2H3/t7-,8+/m0/s1. The average molecular weight is 140 g/mol. The second-order valence-electron chi connectivity index (χ2n) is 3.75. The summed E-state index contributed by atoms with van der Waals surface area (Å²) >= 11 is 0. The minimum atomic E-state index is -0.0625. The van der Waals surface area contributed by atoms with Crippen LogP contribution in [0.25, 0.3) is 0 Å². The summed E-state index contributed by atoms with van der Waals surface area (Å²) in [6.07, 6.45) is 2.00. The van der Waals surface area contributed by atoms with Crippen LogP contribution in [0.5, 0.6) is 0 Å². The molecule has 2 heteroatoms. The van der Waals surface area contributed by atoms with E-state index < -0.39 is 0 Å². The van der Waals surface area contributed by atoms with Crippen molar-refractivity contribution in [2.45, 2.75) is 26.7 Å².